The van der Waals surface area contributed by atoms with E-state index >= 15 is 0 Å². The normalized spacial score (nSPS) is 27.5. The molecule has 0 N–H and O–H groups in total. The number of fused-ring (bicyclic) bond motifs is 1. The van der Waals surface area contributed by atoms with E-state index in [1.807, 2.05) is 0 Å². The highest BCUT2D eigenvalue weighted by Crippen LogP contribution is 2.37. The molecule has 0 saturated carbocycles. The van der Waals surface area contributed by atoms with Crippen LogP contribution >= 0.6 is 0 Å². The van der Waals surface area contributed by atoms with Gasteiger partial charge in [0.05, 0.1) is 11.4 Å². The lowest BCUT2D eigenvalue weighted by molar-refractivity contribution is -0.145. The minimum absolute atomic E-state index is 0.161. The van der Waals surface area contributed by atoms with E-state index in [2.05, 4.69) is 14.9 Å². The largest absolute Gasteiger partial charge is 0.451 e. The van der Waals surface area contributed by atoms with Crippen molar-refractivity contribution >= 4 is 10.0 Å². The minimum atomic E-state index is -4.71. The SMILES string of the molecule is Cc1nc(C(F)(F)F)nc(C)c1S(=O)(=O)N1C[C@H]2CN(C3CCOCC3)C[C@@H]2C1. The van der Waals surface area contributed by atoms with Crippen LogP contribution in [-0.4, -0.2) is 73.0 Å². The fraction of sp³-hybridized carbons (Fsp3) is 0.778. The van der Waals surface area contributed by atoms with Crippen molar-refractivity contribution in [1.29, 1.82) is 0 Å². The van der Waals surface area contributed by atoms with Crippen LogP contribution in [0.2, 0.25) is 0 Å². The lowest BCUT2D eigenvalue weighted by Gasteiger charge is -2.32. The first kappa shape index (κ1) is 21.0. The van der Waals surface area contributed by atoms with Gasteiger partial charge in [0.25, 0.3) is 0 Å². The average Bonchev–Trinajstić information content (AvgIpc) is 3.20. The van der Waals surface area contributed by atoms with Gasteiger partial charge in [-0.2, -0.15) is 17.5 Å². The summed E-state index contributed by atoms with van der Waals surface area (Å²) >= 11 is 0. The Bertz CT molecular complexity index is 850. The summed E-state index contributed by atoms with van der Waals surface area (Å²) in [6, 6.07) is 0.493. The van der Waals surface area contributed by atoms with Crippen LogP contribution in [-0.2, 0) is 20.9 Å². The molecule has 0 bridgehead atoms. The van der Waals surface area contributed by atoms with Gasteiger partial charge in [0.15, 0.2) is 0 Å². The van der Waals surface area contributed by atoms with Gasteiger partial charge in [-0.15, -0.1) is 0 Å². The highest BCUT2D eigenvalue weighted by atomic mass is 32.2. The number of nitrogens with zero attached hydrogens (tertiary/aromatic N) is 4. The number of likely N-dealkylation sites (tertiary alicyclic amines) is 1. The van der Waals surface area contributed by atoms with Crippen LogP contribution in [0.3, 0.4) is 0 Å². The molecule has 0 aromatic carbocycles. The number of alkyl halides is 3. The number of ether oxygens (including phenoxy) is 1. The predicted molar refractivity (Wildman–Crippen MR) is 97.7 cm³/mol. The molecule has 3 aliphatic heterocycles. The van der Waals surface area contributed by atoms with Crippen LogP contribution < -0.4 is 0 Å². The van der Waals surface area contributed by atoms with Crippen molar-refractivity contribution in [2.45, 2.75) is 43.8 Å². The first-order valence-electron chi connectivity index (χ1n) is 9.81. The van der Waals surface area contributed by atoms with E-state index in [1.54, 1.807) is 0 Å². The van der Waals surface area contributed by atoms with Crippen LogP contribution in [0.5, 0.6) is 0 Å². The lowest BCUT2D eigenvalue weighted by atomic mass is 10.0. The van der Waals surface area contributed by atoms with Crippen LogP contribution in [0.1, 0.15) is 30.1 Å². The molecule has 1 aromatic heterocycles. The van der Waals surface area contributed by atoms with E-state index in [1.165, 1.54) is 18.2 Å². The van der Waals surface area contributed by atoms with Gasteiger partial charge >= 0.3 is 6.18 Å². The zero-order chi connectivity index (χ0) is 21.0. The van der Waals surface area contributed by atoms with Gasteiger partial charge in [-0.05, 0) is 38.5 Å². The molecule has 11 heteroatoms. The fourth-order valence-corrected chi connectivity index (χ4v) is 6.74. The third-order valence-electron chi connectivity index (χ3n) is 6.24. The minimum Gasteiger partial charge on any atom is -0.381 e. The number of halogens is 3. The topological polar surface area (TPSA) is 75.6 Å². The molecule has 0 amide bonds. The van der Waals surface area contributed by atoms with Gasteiger partial charge in [0, 0.05) is 45.4 Å². The number of rotatable bonds is 3. The molecule has 0 aliphatic carbocycles. The molecular weight excluding hydrogens is 409 g/mol. The van der Waals surface area contributed by atoms with Crippen LogP contribution in [0.4, 0.5) is 13.2 Å². The molecule has 2 atom stereocenters. The maximum Gasteiger partial charge on any atom is 0.451 e. The zero-order valence-electron chi connectivity index (χ0n) is 16.4. The molecular formula is C18H25F3N4O3S. The second-order valence-corrected chi connectivity index (χ2v) is 10.1. The van der Waals surface area contributed by atoms with Gasteiger partial charge in [0.2, 0.25) is 15.8 Å². The summed E-state index contributed by atoms with van der Waals surface area (Å²) < 4.78 is 72.0. The second-order valence-electron chi connectivity index (χ2n) is 8.18. The third kappa shape index (κ3) is 3.89. The molecule has 162 valence electrons. The Kier molecular flexibility index (Phi) is 5.37. The lowest BCUT2D eigenvalue weighted by Crippen LogP contribution is -2.40. The highest BCUT2D eigenvalue weighted by Gasteiger charge is 2.47. The fourth-order valence-electron chi connectivity index (χ4n) is 4.87. The number of aryl methyl sites for hydroxylation is 2. The summed E-state index contributed by atoms with van der Waals surface area (Å²) in [5.74, 6) is -0.830. The standard InChI is InChI=1S/C18H25F3N4O3S/c1-11-16(12(2)23-17(22-11)18(19,20)21)29(26,27)25-9-13-7-24(8-14(13)10-25)15-3-5-28-6-4-15/h13-15H,3-10H2,1-2H3/t13-,14-/m1/s1. The van der Waals surface area contributed by atoms with Crippen molar-refractivity contribution in [3.63, 3.8) is 0 Å². The van der Waals surface area contributed by atoms with Gasteiger partial charge in [-0.3, -0.25) is 4.90 Å². The highest BCUT2D eigenvalue weighted by molar-refractivity contribution is 7.89. The molecule has 3 fully saturated rings. The number of hydrogen-bond acceptors (Lipinski definition) is 6. The Labute approximate surface area is 168 Å². The first-order valence-corrected chi connectivity index (χ1v) is 11.3. The Hall–Kier alpha value is -1.30. The predicted octanol–water partition coefficient (Wildman–Crippen LogP) is 1.84. The average molecular weight is 434 g/mol. The van der Waals surface area contributed by atoms with Crippen molar-refractivity contribution in [1.82, 2.24) is 19.2 Å². The molecule has 4 heterocycles. The molecule has 4 rings (SSSR count). The van der Waals surface area contributed by atoms with Crippen LogP contribution in [0, 0.1) is 25.7 Å². The Balaban J connectivity index is 1.51. The summed E-state index contributed by atoms with van der Waals surface area (Å²) in [5, 5.41) is 0. The second kappa shape index (κ2) is 7.44. The number of aromatic nitrogens is 2. The van der Waals surface area contributed by atoms with E-state index in [0.29, 0.717) is 19.1 Å². The number of sulfonamides is 1. The molecule has 1 aromatic rings. The maximum atomic E-state index is 13.2. The number of hydrogen-bond donors (Lipinski definition) is 0. The summed E-state index contributed by atoms with van der Waals surface area (Å²) in [6.07, 6.45) is -2.71. The van der Waals surface area contributed by atoms with Crippen molar-refractivity contribution < 1.29 is 26.3 Å². The van der Waals surface area contributed by atoms with Crippen molar-refractivity contribution in [2.24, 2.45) is 11.8 Å². The quantitative estimate of drug-likeness (QED) is 0.723. The summed E-state index contributed by atoms with van der Waals surface area (Å²) in [6.45, 7) is 6.58. The molecule has 0 radical (unpaired) electrons. The summed E-state index contributed by atoms with van der Waals surface area (Å²) in [7, 11) is -3.94. The maximum absolute atomic E-state index is 13.2. The molecule has 3 aliphatic rings. The Morgan fingerprint density at radius 1 is 0.966 bits per heavy atom. The molecule has 7 nitrogen and oxygen atoms in total. The van der Waals surface area contributed by atoms with Gasteiger partial charge in [-0.1, -0.05) is 0 Å². The Morgan fingerprint density at radius 3 is 1.97 bits per heavy atom. The zero-order valence-corrected chi connectivity index (χ0v) is 17.3. The van der Waals surface area contributed by atoms with Gasteiger partial charge < -0.3 is 4.74 Å². The van der Waals surface area contributed by atoms with Crippen molar-refractivity contribution in [3.8, 4) is 0 Å². The molecule has 29 heavy (non-hydrogen) atoms. The van der Waals surface area contributed by atoms with Crippen molar-refractivity contribution in [3.05, 3.63) is 17.2 Å². The smallest absolute Gasteiger partial charge is 0.381 e. The Morgan fingerprint density at radius 2 is 1.48 bits per heavy atom. The summed E-state index contributed by atoms with van der Waals surface area (Å²) in [4.78, 5) is 9.09. The van der Waals surface area contributed by atoms with E-state index < -0.39 is 22.0 Å². The van der Waals surface area contributed by atoms with Crippen molar-refractivity contribution in [2.75, 3.05) is 39.4 Å². The van der Waals surface area contributed by atoms with E-state index in [-0.39, 0.29) is 28.1 Å². The van der Waals surface area contributed by atoms with E-state index in [9.17, 15) is 21.6 Å². The molecule has 0 unspecified atom stereocenters. The summed E-state index contributed by atoms with van der Waals surface area (Å²) in [5.41, 5.74) is -0.323. The van der Waals surface area contributed by atoms with E-state index in [4.69, 9.17) is 4.74 Å². The van der Waals surface area contributed by atoms with Gasteiger partial charge in [0.1, 0.15) is 4.90 Å². The molecule has 3 saturated heterocycles. The first-order chi connectivity index (χ1) is 13.6. The molecule has 0 spiro atoms. The van der Waals surface area contributed by atoms with Crippen LogP contribution in [0.25, 0.3) is 0 Å². The van der Waals surface area contributed by atoms with Gasteiger partial charge in [-0.25, -0.2) is 18.4 Å². The van der Waals surface area contributed by atoms with Crippen LogP contribution in [0.15, 0.2) is 4.90 Å². The third-order valence-corrected chi connectivity index (χ3v) is 8.33. The monoisotopic (exact) mass is 434 g/mol. The van der Waals surface area contributed by atoms with E-state index in [0.717, 1.165) is 39.1 Å².